The Bertz CT molecular complexity index is 173. The predicted molar refractivity (Wildman–Crippen MR) is 81.6 cm³/mol. The zero-order valence-electron chi connectivity index (χ0n) is 13.0. The van der Waals surface area contributed by atoms with Crippen molar-refractivity contribution in [3.63, 3.8) is 0 Å². The first-order valence-electron chi connectivity index (χ1n) is 7.03. The molecule has 0 spiro atoms. The maximum atomic E-state index is 2.59. The van der Waals surface area contributed by atoms with Gasteiger partial charge in [0.1, 0.15) is 6.16 Å². The Morgan fingerprint density at radius 2 is 1.06 bits per heavy atom. The first-order valence-corrected chi connectivity index (χ1v) is 8.87. The van der Waals surface area contributed by atoms with E-state index in [0.717, 1.165) is 19.6 Å². The summed E-state index contributed by atoms with van der Waals surface area (Å²) in [4.78, 5) is 0. The van der Waals surface area contributed by atoms with Crippen LogP contribution in [-0.2, 0) is 0 Å². The van der Waals surface area contributed by atoms with Crippen molar-refractivity contribution in [3.05, 3.63) is 0 Å². The Morgan fingerprint density at radius 1 is 0.706 bits per heavy atom. The van der Waals surface area contributed by atoms with Crippen molar-refractivity contribution in [3.8, 4) is 0 Å². The van der Waals surface area contributed by atoms with Crippen LogP contribution in [0.4, 0.5) is 0 Å². The lowest BCUT2D eigenvalue weighted by atomic mass is 10.4. The molecule has 0 saturated carbocycles. The van der Waals surface area contributed by atoms with Gasteiger partial charge in [-0.05, 0) is 27.2 Å². The Morgan fingerprint density at radius 3 is 1.29 bits per heavy atom. The molecule has 0 atom stereocenters. The summed E-state index contributed by atoms with van der Waals surface area (Å²) in [5.74, 6) is 0. The second-order valence-corrected chi connectivity index (χ2v) is 8.57. The van der Waals surface area contributed by atoms with Gasteiger partial charge in [-0.3, -0.25) is 0 Å². The molecule has 0 aromatic heterocycles. The molecule has 4 heteroatoms. The fraction of sp³-hybridized carbons (Fsp3) is 1.00. The molecule has 0 aliphatic rings. The number of unbranched alkanes of at least 4 members (excludes halogenated alkanes) is 1. The molecule has 0 aliphatic heterocycles. The number of hydrogen-bond acceptors (Lipinski definition) is 3. The summed E-state index contributed by atoms with van der Waals surface area (Å²) in [6.45, 7) is 12.5. The third-order valence-corrected chi connectivity index (χ3v) is 8.87. The minimum Gasteiger partial charge on any atom is -0.152 e. The first kappa shape index (κ1) is 17.3. The molecule has 0 N–H and O–H groups in total. The van der Waals surface area contributed by atoms with Crippen LogP contribution in [0.2, 0.25) is 0 Å². The maximum absolute atomic E-state index is 2.59. The summed E-state index contributed by atoms with van der Waals surface area (Å²) in [7, 11) is 5.59. The van der Waals surface area contributed by atoms with Gasteiger partial charge in [-0.25, -0.2) is 0 Å². The SMILES string of the molecule is CCCC[P+](N(C)CC)(N(C)CC)N(C)CC. The topological polar surface area (TPSA) is 9.72 Å². The van der Waals surface area contributed by atoms with Gasteiger partial charge in [0, 0.05) is 40.8 Å². The Hall–Kier alpha value is 0.310. The van der Waals surface area contributed by atoms with Crippen molar-refractivity contribution in [1.29, 1.82) is 0 Å². The largest absolute Gasteiger partial charge is 0.226 e. The van der Waals surface area contributed by atoms with E-state index in [4.69, 9.17) is 0 Å². The van der Waals surface area contributed by atoms with Crippen molar-refractivity contribution in [1.82, 2.24) is 14.0 Å². The minimum atomic E-state index is -1.29. The zero-order chi connectivity index (χ0) is 13.5. The highest BCUT2D eigenvalue weighted by Crippen LogP contribution is 2.65. The van der Waals surface area contributed by atoms with Gasteiger partial charge < -0.3 is 0 Å². The highest BCUT2D eigenvalue weighted by atomic mass is 31.2. The number of nitrogens with zero attached hydrogens (tertiary/aromatic N) is 3. The molecule has 104 valence electrons. The summed E-state index contributed by atoms with van der Waals surface area (Å²) in [6, 6.07) is 0. The van der Waals surface area contributed by atoms with Crippen LogP contribution in [-0.4, -0.2) is 61.0 Å². The van der Waals surface area contributed by atoms with E-state index in [9.17, 15) is 0 Å². The van der Waals surface area contributed by atoms with E-state index in [-0.39, 0.29) is 0 Å². The molecule has 0 aromatic rings. The normalized spacial score (nSPS) is 13.1. The third-order valence-electron chi connectivity index (χ3n) is 3.83. The van der Waals surface area contributed by atoms with Crippen LogP contribution in [0.15, 0.2) is 0 Å². The van der Waals surface area contributed by atoms with Gasteiger partial charge >= 0.3 is 0 Å². The summed E-state index contributed by atoms with van der Waals surface area (Å²) < 4.78 is 7.78. The van der Waals surface area contributed by atoms with E-state index in [1.165, 1.54) is 19.0 Å². The lowest BCUT2D eigenvalue weighted by molar-refractivity contribution is 0.386. The summed E-state index contributed by atoms with van der Waals surface area (Å²) >= 11 is 0. The molecule has 0 aliphatic carbocycles. The zero-order valence-corrected chi connectivity index (χ0v) is 13.9. The van der Waals surface area contributed by atoms with Crippen molar-refractivity contribution in [2.24, 2.45) is 0 Å². The van der Waals surface area contributed by atoms with Crippen LogP contribution in [0.3, 0.4) is 0 Å². The Labute approximate surface area is 110 Å². The van der Waals surface area contributed by atoms with E-state index >= 15 is 0 Å². The van der Waals surface area contributed by atoms with Crippen LogP contribution in [0, 0.1) is 0 Å². The highest BCUT2D eigenvalue weighted by Gasteiger charge is 2.49. The lowest BCUT2D eigenvalue weighted by Crippen LogP contribution is -2.42. The fourth-order valence-electron chi connectivity index (χ4n) is 2.34. The van der Waals surface area contributed by atoms with Gasteiger partial charge in [-0.2, -0.15) is 14.0 Å². The molecule has 0 radical (unpaired) electrons. The average molecular weight is 262 g/mol. The van der Waals surface area contributed by atoms with Gasteiger partial charge in [0.05, 0.1) is 0 Å². The monoisotopic (exact) mass is 262 g/mol. The van der Waals surface area contributed by atoms with E-state index in [1.54, 1.807) is 0 Å². The molecule has 0 amide bonds. The van der Waals surface area contributed by atoms with Crippen LogP contribution < -0.4 is 0 Å². The molecule has 0 fully saturated rings. The minimum absolute atomic E-state index is 1.13. The third kappa shape index (κ3) is 3.89. The van der Waals surface area contributed by atoms with Gasteiger partial charge in [-0.15, -0.1) is 0 Å². The van der Waals surface area contributed by atoms with E-state index in [1.807, 2.05) is 0 Å². The maximum Gasteiger partial charge on any atom is 0.226 e. The molecule has 0 heterocycles. The average Bonchev–Trinajstić information content (AvgIpc) is 2.37. The molecule has 0 bridgehead atoms. The number of rotatable bonds is 9. The van der Waals surface area contributed by atoms with Gasteiger partial charge in [-0.1, -0.05) is 13.3 Å². The molecule has 0 aromatic carbocycles. The first-order chi connectivity index (χ1) is 8.00. The molecule has 17 heavy (non-hydrogen) atoms. The van der Waals surface area contributed by atoms with Crippen LogP contribution in [0.25, 0.3) is 0 Å². The lowest BCUT2D eigenvalue weighted by Gasteiger charge is -2.43. The molecule has 0 unspecified atom stereocenters. The molecular weight excluding hydrogens is 229 g/mol. The molecule has 3 nitrogen and oxygen atoms in total. The standard InChI is InChI=1S/C13H33N3P/c1-8-12-13-17(14(5)9-2,15(6)10-3)16(7)11-4/h8-13H2,1-7H3/q+1. The number of hydrogen-bond donors (Lipinski definition) is 0. The van der Waals surface area contributed by atoms with E-state index in [0.29, 0.717) is 0 Å². The van der Waals surface area contributed by atoms with Gasteiger partial charge in [0.25, 0.3) is 0 Å². The van der Waals surface area contributed by atoms with Crippen LogP contribution in [0.5, 0.6) is 0 Å². The summed E-state index contributed by atoms with van der Waals surface area (Å²) in [5.41, 5.74) is 0. The van der Waals surface area contributed by atoms with Crippen LogP contribution >= 0.6 is 7.71 Å². The fourth-order valence-corrected chi connectivity index (χ4v) is 7.03. The molecule has 0 saturated heterocycles. The van der Waals surface area contributed by atoms with E-state index in [2.05, 4.69) is 62.8 Å². The van der Waals surface area contributed by atoms with Crippen molar-refractivity contribution in [2.45, 2.75) is 40.5 Å². The van der Waals surface area contributed by atoms with Gasteiger partial charge in [0.15, 0.2) is 0 Å². The van der Waals surface area contributed by atoms with Crippen molar-refractivity contribution in [2.75, 3.05) is 46.9 Å². The molecule has 0 rings (SSSR count). The summed E-state index contributed by atoms with van der Waals surface area (Å²) in [5, 5.41) is 0. The predicted octanol–water partition coefficient (Wildman–Crippen LogP) is 3.40. The highest BCUT2D eigenvalue weighted by molar-refractivity contribution is 7.69. The van der Waals surface area contributed by atoms with E-state index < -0.39 is 7.71 Å². The Kier molecular flexibility index (Phi) is 8.57. The smallest absolute Gasteiger partial charge is 0.152 e. The van der Waals surface area contributed by atoms with Crippen molar-refractivity contribution < 1.29 is 0 Å². The Balaban J connectivity index is 5.19. The quantitative estimate of drug-likeness (QED) is 0.590. The van der Waals surface area contributed by atoms with Gasteiger partial charge in [0.2, 0.25) is 7.71 Å². The van der Waals surface area contributed by atoms with Crippen molar-refractivity contribution >= 4 is 7.71 Å². The second-order valence-electron chi connectivity index (χ2n) is 4.69. The molecular formula is C13H33N3P+. The van der Waals surface area contributed by atoms with Crippen LogP contribution in [0.1, 0.15) is 40.5 Å². The second kappa shape index (κ2) is 8.42. The summed E-state index contributed by atoms with van der Waals surface area (Å²) in [6.07, 6.45) is 3.93.